The minimum Gasteiger partial charge on any atom is -0.395 e. The third kappa shape index (κ3) is 2.84. The van der Waals surface area contributed by atoms with Crippen molar-refractivity contribution >= 4 is 28.8 Å². The summed E-state index contributed by atoms with van der Waals surface area (Å²) in [5, 5.41) is 10.3. The van der Waals surface area contributed by atoms with Crippen molar-refractivity contribution in [3.05, 3.63) is 83.5 Å². The van der Waals surface area contributed by atoms with Crippen molar-refractivity contribution in [2.24, 2.45) is 0 Å². The molecule has 1 aromatic heterocycles. The summed E-state index contributed by atoms with van der Waals surface area (Å²) in [5.74, 6) is 0.875. The second kappa shape index (κ2) is 6.75. The number of pyridine rings is 1. The Morgan fingerprint density at radius 3 is 2.44 bits per heavy atom. The number of fused-ring (bicyclic) bond motifs is 1. The largest absolute Gasteiger partial charge is 0.395 e. The number of β-amino-alcohol motifs (C(OH)–C–C–N with tert-alkyl or cyclic N) is 1. The van der Waals surface area contributed by atoms with Gasteiger partial charge in [-0.1, -0.05) is 41.9 Å². The Hall–Kier alpha value is -2.56. The molecular weight excluding hydrogens is 334 g/mol. The van der Waals surface area contributed by atoms with Crippen LogP contribution in [0.1, 0.15) is 11.7 Å². The zero-order chi connectivity index (χ0) is 17.2. The summed E-state index contributed by atoms with van der Waals surface area (Å²) in [7, 11) is 0. The Morgan fingerprint density at radius 2 is 1.72 bits per heavy atom. The van der Waals surface area contributed by atoms with Gasteiger partial charge in [0.1, 0.15) is 6.17 Å². The summed E-state index contributed by atoms with van der Waals surface area (Å²) in [6.45, 7) is 0.559. The Balaban J connectivity index is 1.89. The average Bonchev–Trinajstić information content (AvgIpc) is 2.98. The lowest BCUT2D eigenvalue weighted by atomic mass is 10.1. The first-order chi connectivity index (χ1) is 12.3. The normalized spacial score (nSPS) is 16.2. The van der Waals surface area contributed by atoms with E-state index < -0.39 is 0 Å². The van der Waals surface area contributed by atoms with Gasteiger partial charge in [-0.15, -0.1) is 0 Å². The molecule has 0 bridgehead atoms. The second-order valence-electron chi connectivity index (χ2n) is 5.89. The summed E-state index contributed by atoms with van der Waals surface area (Å²) >= 11 is 6.08. The second-order valence-corrected chi connectivity index (χ2v) is 6.33. The predicted octanol–water partition coefficient (Wildman–Crippen LogP) is 4.38. The SMILES string of the molecule is OCCN1c2ncccc2N(c2ccccc2)C1c1ccc(Cl)cc1. The fraction of sp³-hybridized carbons (Fsp3) is 0.150. The lowest BCUT2D eigenvalue weighted by Gasteiger charge is -2.32. The summed E-state index contributed by atoms with van der Waals surface area (Å²) < 4.78 is 0. The van der Waals surface area contributed by atoms with Gasteiger partial charge in [0.2, 0.25) is 0 Å². The van der Waals surface area contributed by atoms with Gasteiger partial charge in [-0.25, -0.2) is 4.98 Å². The molecule has 2 heterocycles. The number of aliphatic hydroxyl groups excluding tert-OH is 1. The van der Waals surface area contributed by atoms with Crippen molar-refractivity contribution in [3.8, 4) is 0 Å². The minimum absolute atomic E-state index is 0.0583. The fourth-order valence-corrected chi connectivity index (χ4v) is 3.48. The lowest BCUT2D eigenvalue weighted by Crippen LogP contribution is -2.35. The van der Waals surface area contributed by atoms with E-state index >= 15 is 0 Å². The number of hydrogen-bond acceptors (Lipinski definition) is 4. The molecule has 0 spiro atoms. The zero-order valence-corrected chi connectivity index (χ0v) is 14.3. The molecule has 2 aromatic carbocycles. The average molecular weight is 352 g/mol. The number of aliphatic hydroxyl groups is 1. The molecule has 0 fully saturated rings. The number of halogens is 1. The number of nitrogens with zero attached hydrogens (tertiary/aromatic N) is 3. The van der Waals surface area contributed by atoms with Gasteiger partial charge in [-0.3, -0.25) is 0 Å². The molecule has 0 saturated carbocycles. The van der Waals surface area contributed by atoms with Gasteiger partial charge < -0.3 is 14.9 Å². The van der Waals surface area contributed by atoms with Gasteiger partial charge in [0.15, 0.2) is 5.82 Å². The van der Waals surface area contributed by atoms with Crippen LogP contribution in [0, 0.1) is 0 Å². The number of benzene rings is 2. The molecule has 1 atom stereocenters. The highest BCUT2D eigenvalue weighted by molar-refractivity contribution is 6.30. The van der Waals surface area contributed by atoms with Crippen LogP contribution < -0.4 is 9.80 Å². The molecule has 4 nitrogen and oxygen atoms in total. The third-order valence-corrected chi connectivity index (χ3v) is 4.63. The van der Waals surface area contributed by atoms with Gasteiger partial charge in [-0.2, -0.15) is 0 Å². The van der Waals surface area contributed by atoms with E-state index in [0.29, 0.717) is 11.6 Å². The van der Waals surface area contributed by atoms with Crippen molar-refractivity contribution in [3.63, 3.8) is 0 Å². The van der Waals surface area contributed by atoms with Gasteiger partial charge in [0, 0.05) is 23.5 Å². The molecule has 5 heteroatoms. The zero-order valence-electron chi connectivity index (χ0n) is 13.6. The Labute approximate surface area is 151 Å². The Bertz CT molecular complexity index is 854. The molecule has 0 radical (unpaired) electrons. The standard InChI is InChI=1S/C20H18ClN3O/c21-16-10-8-15(9-11-16)20-23(13-14-25)19-18(7-4-12-22-19)24(20)17-5-2-1-3-6-17/h1-12,20,25H,13-14H2. The fourth-order valence-electron chi connectivity index (χ4n) is 3.35. The van der Waals surface area contributed by atoms with Crippen LogP contribution in [0.15, 0.2) is 72.9 Å². The third-order valence-electron chi connectivity index (χ3n) is 4.38. The van der Waals surface area contributed by atoms with E-state index in [1.807, 2.05) is 48.5 Å². The molecule has 0 amide bonds. The van der Waals surface area contributed by atoms with E-state index in [9.17, 15) is 5.11 Å². The van der Waals surface area contributed by atoms with Crippen molar-refractivity contribution in [1.29, 1.82) is 0 Å². The summed E-state index contributed by atoms with van der Waals surface area (Å²) in [4.78, 5) is 8.96. The molecule has 1 aliphatic heterocycles. The van der Waals surface area contributed by atoms with Gasteiger partial charge in [0.05, 0.1) is 12.3 Å². The molecule has 25 heavy (non-hydrogen) atoms. The van der Waals surface area contributed by atoms with Crippen LogP contribution in [0.4, 0.5) is 17.2 Å². The maximum atomic E-state index is 9.61. The molecule has 1 aliphatic rings. The monoisotopic (exact) mass is 351 g/mol. The number of anilines is 3. The minimum atomic E-state index is -0.0864. The topological polar surface area (TPSA) is 39.6 Å². The summed E-state index contributed by atoms with van der Waals surface area (Å²) in [6, 6.07) is 22.1. The van der Waals surface area contributed by atoms with E-state index in [0.717, 1.165) is 22.8 Å². The van der Waals surface area contributed by atoms with Crippen LogP contribution in [0.25, 0.3) is 0 Å². The van der Waals surface area contributed by atoms with Gasteiger partial charge in [-0.05, 0) is 42.0 Å². The van der Waals surface area contributed by atoms with E-state index in [4.69, 9.17) is 11.6 Å². The van der Waals surface area contributed by atoms with Crippen LogP contribution in [0.2, 0.25) is 5.02 Å². The summed E-state index contributed by atoms with van der Waals surface area (Å²) in [6.07, 6.45) is 1.70. The van der Waals surface area contributed by atoms with Crippen molar-refractivity contribution in [2.45, 2.75) is 6.17 Å². The maximum absolute atomic E-state index is 9.61. The summed E-state index contributed by atoms with van der Waals surface area (Å²) in [5.41, 5.74) is 3.21. The van der Waals surface area contributed by atoms with Crippen LogP contribution >= 0.6 is 11.6 Å². The molecular formula is C20H18ClN3O. The molecule has 4 rings (SSSR count). The first-order valence-electron chi connectivity index (χ1n) is 8.22. The lowest BCUT2D eigenvalue weighted by molar-refractivity contribution is 0.298. The number of hydrogen-bond donors (Lipinski definition) is 1. The number of aromatic nitrogens is 1. The highest BCUT2D eigenvalue weighted by Crippen LogP contribution is 2.48. The first kappa shape index (κ1) is 15.9. The quantitative estimate of drug-likeness (QED) is 0.757. The maximum Gasteiger partial charge on any atom is 0.154 e. The highest BCUT2D eigenvalue weighted by Gasteiger charge is 2.38. The van der Waals surface area contributed by atoms with E-state index in [1.54, 1.807) is 6.20 Å². The first-order valence-corrected chi connectivity index (χ1v) is 8.59. The van der Waals surface area contributed by atoms with Crippen LogP contribution in [0.5, 0.6) is 0 Å². The molecule has 0 saturated heterocycles. The molecule has 1 unspecified atom stereocenters. The van der Waals surface area contributed by atoms with Crippen LogP contribution in [-0.2, 0) is 0 Å². The van der Waals surface area contributed by atoms with E-state index in [-0.39, 0.29) is 12.8 Å². The van der Waals surface area contributed by atoms with Crippen molar-refractivity contribution in [1.82, 2.24) is 4.98 Å². The number of para-hydroxylation sites is 1. The van der Waals surface area contributed by atoms with Crippen LogP contribution in [-0.4, -0.2) is 23.2 Å². The van der Waals surface area contributed by atoms with Gasteiger partial charge in [0.25, 0.3) is 0 Å². The highest BCUT2D eigenvalue weighted by atomic mass is 35.5. The smallest absolute Gasteiger partial charge is 0.154 e. The predicted molar refractivity (Wildman–Crippen MR) is 101 cm³/mol. The Morgan fingerprint density at radius 1 is 0.960 bits per heavy atom. The van der Waals surface area contributed by atoms with Gasteiger partial charge >= 0.3 is 0 Å². The van der Waals surface area contributed by atoms with Crippen molar-refractivity contribution < 1.29 is 5.11 Å². The molecule has 1 N–H and O–H groups in total. The van der Waals surface area contributed by atoms with E-state index in [1.165, 1.54) is 0 Å². The van der Waals surface area contributed by atoms with E-state index in [2.05, 4.69) is 33.0 Å². The molecule has 3 aromatic rings. The molecule has 0 aliphatic carbocycles. The number of rotatable bonds is 4. The molecule has 126 valence electrons. The Kier molecular flexibility index (Phi) is 4.30. The van der Waals surface area contributed by atoms with Crippen LogP contribution in [0.3, 0.4) is 0 Å². The van der Waals surface area contributed by atoms with Crippen molar-refractivity contribution in [2.75, 3.05) is 23.0 Å².